The van der Waals surface area contributed by atoms with Crippen molar-refractivity contribution in [2.75, 3.05) is 33.3 Å². The van der Waals surface area contributed by atoms with Crippen LogP contribution in [0, 0.1) is 0 Å². The molecular weight excluding hydrogens is 156 g/mol. The molecule has 0 radical (unpaired) electrons. The van der Waals surface area contributed by atoms with Gasteiger partial charge in [0.1, 0.15) is 0 Å². The molecule has 0 spiro atoms. The van der Waals surface area contributed by atoms with E-state index in [1.54, 1.807) is 0 Å². The summed E-state index contributed by atoms with van der Waals surface area (Å²) in [7, 11) is 1.39. The molecular formula is C8H18N2O2. The van der Waals surface area contributed by atoms with Gasteiger partial charge in [0.25, 0.3) is 0 Å². The first-order valence-corrected chi connectivity index (χ1v) is 4.29. The highest BCUT2D eigenvalue weighted by molar-refractivity contribution is 5.71. The van der Waals surface area contributed by atoms with Gasteiger partial charge in [-0.2, -0.15) is 0 Å². The first-order valence-electron chi connectivity index (χ1n) is 4.29. The molecule has 0 aromatic heterocycles. The zero-order chi connectivity index (χ0) is 9.23. The van der Waals surface area contributed by atoms with Gasteiger partial charge in [-0.3, -0.25) is 4.79 Å². The van der Waals surface area contributed by atoms with Crippen molar-refractivity contribution in [2.24, 2.45) is 0 Å². The van der Waals surface area contributed by atoms with E-state index in [0.29, 0.717) is 6.54 Å². The number of hydrogen-bond donors (Lipinski definition) is 2. The van der Waals surface area contributed by atoms with Crippen molar-refractivity contribution in [3.63, 3.8) is 0 Å². The maximum Gasteiger partial charge on any atom is 0.319 e. The molecule has 72 valence electrons. The lowest BCUT2D eigenvalue weighted by Gasteiger charge is -2.03. The van der Waals surface area contributed by atoms with Crippen molar-refractivity contribution in [3.05, 3.63) is 0 Å². The van der Waals surface area contributed by atoms with Gasteiger partial charge in [0.15, 0.2) is 0 Å². The van der Waals surface area contributed by atoms with Crippen molar-refractivity contribution in [1.29, 1.82) is 0 Å². The standard InChI is InChI=1S/C8H18N2O2/c1-3-9-5-4-6-10-7-8(11)12-2/h9-10H,3-7H2,1-2H3. The second-order valence-corrected chi connectivity index (χ2v) is 2.46. The Morgan fingerprint density at radius 1 is 1.33 bits per heavy atom. The molecule has 0 unspecified atom stereocenters. The molecule has 0 rings (SSSR count). The molecule has 0 bridgehead atoms. The van der Waals surface area contributed by atoms with Crippen LogP contribution in [0.5, 0.6) is 0 Å². The number of methoxy groups -OCH3 is 1. The van der Waals surface area contributed by atoms with Crippen LogP contribution < -0.4 is 10.6 Å². The van der Waals surface area contributed by atoms with Crippen molar-refractivity contribution in [1.82, 2.24) is 10.6 Å². The fourth-order valence-corrected chi connectivity index (χ4v) is 0.778. The fourth-order valence-electron chi connectivity index (χ4n) is 0.778. The summed E-state index contributed by atoms with van der Waals surface area (Å²) < 4.78 is 4.46. The SMILES string of the molecule is CCNCCCNCC(=O)OC. The number of esters is 1. The molecule has 0 aromatic carbocycles. The lowest BCUT2D eigenvalue weighted by Crippen LogP contribution is -2.27. The summed E-state index contributed by atoms with van der Waals surface area (Å²) in [4.78, 5) is 10.6. The molecule has 4 nitrogen and oxygen atoms in total. The van der Waals surface area contributed by atoms with E-state index in [0.717, 1.165) is 26.1 Å². The topological polar surface area (TPSA) is 50.4 Å². The van der Waals surface area contributed by atoms with Crippen molar-refractivity contribution < 1.29 is 9.53 Å². The van der Waals surface area contributed by atoms with Gasteiger partial charge in [-0.1, -0.05) is 6.92 Å². The Kier molecular flexibility index (Phi) is 8.05. The van der Waals surface area contributed by atoms with Gasteiger partial charge < -0.3 is 15.4 Å². The molecule has 0 fully saturated rings. The van der Waals surface area contributed by atoms with E-state index in [4.69, 9.17) is 0 Å². The minimum atomic E-state index is -0.210. The smallest absolute Gasteiger partial charge is 0.319 e. The van der Waals surface area contributed by atoms with Gasteiger partial charge in [0, 0.05) is 0 Å². The first kappa shape index (κ1) is 11.4. The lowest BCUT2D eigenvalue weighted by atomic mass is 10.4. The zero-order valence-corrected chi connectivity index (χ0v) is 7.85. The fraction of sp³-hybridized carbons (Fsp3) is 0.875. The second kappa shape index (κ2) is 8.49. The average molecular weight is 174 g/mol. The summed E-state index contributed by atoms with van der Waals surface area (Å²) in [5.74, 6) is -0.210. The predicted octanol–water partition coefficient (Wildman–Crippen LogP) is -0.251. The maximum atomic E-state index is 10.6. The van der Waals surface area contributed by atoms with Gasteiger partial charge in [-0.15, -0.1) is 0 Å². The van der Waals surface area contributed by atoms with E-state index in [2.05, 4.69) is 22.3 Å². The van der Waals surface area contributed by atoms with Gasteiger partial charge in [-0.25, -0.2) is 0 Å². The third-order valence-electron chi connectivity index (χ3n) is 1.45. The highest BCUT2D eigenvalue weighted by Gasteiger charge is 1.96. The van der Waals surface area contributed by atoms with Gasteiger partial charge in [0.05, 0.1) is 13.7 Å². The van der Waals surface area contributed by atoms with Crippen LogP contribution in [0.15, 0.2) is 0 Å². The van der Waals surface area contributed by atoms with Crippen LogP contribution >= 0.6 is 0 Å². The maximum absolute atomic E-state index is 10.6. The molecule has 0 atom stereocenters. The van der Waals surface area contributed by atoms with E-state index >= 15 is 0 Å². The number of carbonyl (C=O) groups is 1. The normalized spacial score (nSPS) is 9.83. The Bertz CT molecular complexity index is 118. The largest absolute Gasteiger partial charge is 0.468 e. The van der Waals surface area contributed by atoms with Crippen LogP contribution in [0.25, 0.3) is 0 Å². The third-order valence-corrected chi connectivity index (χ3v) is 1.45. The molecule has 0 aliphatic heterocycles. The summed E-state index contributed by atoms with van der Waals surface area (Å²) in [6, 6.07) is 0. The van der Waals surface area contributed by atoms with Crippen LogP contribution in [0.4, 0.5) is 0 Å². The molecule has 2 N–H and O–H groups in total. The van der Waals surface area contributed by atoms with Crippen molar-refractivity contribution in [2.45, 2.75) is 13.3 Å². The summed E-state index contributed by atoms with van der Waals surface area (Å²) >= 11 is 0. The van der Waals surface area contributed by atoms with Gasteiger partial charge in [0.2, 0.25) is 0 Å². The summed E-state index contributed by atoms with van der Waals surface area (Å²) in [5, 5.41) is 6.17. The first-order chi connectivity index (χ1) is 5.81. The van der Waals surface area contributed by atoms with Crippen molar-refractivity contribution in [3.8, 4) is 0 Å². The number of rotatable bonds is 7. The summed E-state index contributed by atoms with van der Waals surface area (Å²) in [5.41, 5.74) is 0. The Hall–Kier alpha value is -0.610. The summed E-state index contributed by atoms with van der Waals surface area (Å²) in [6.45, 7) is 5.22. The van der Waals surface area contributed by atoms with Crippen LogP contribution in [0.1, 0.15) is 13.3 Å². The Balaban J connectivity index is 2.95. The Morgan fingerprint density at radius 2 is 2.00 bits per heavy atom. The second-order valence-electron chi connectivity index (χ2n) is 2.46. The molecule has 0 amide bonds. The van der Waals surface area contributed by atoms with E-state index in [9.17, 15) is 4.79 Å². The molecule has 4 heteroatoms. The molecule has 0 heterocycles. The minimum absolute atomic E-state index is 0.210. The van der Waals surface area contributed by atoms with Crippen LogP contribution in [0.3, 0.4) is 0 Å². The number of carbonyl (C=O) groups excluding carboxylic acids is 1. The van der Waals surface area contributed by atoms with Crippen molar-refractivity contribution >= 4 is 5.97 Å². The highest BCUT2D eigenvalue weighted by Crippen LogP contribution is 1.74. The molecule has 0 saturated carbocycles. The van der Waals surface area contributed by atoms with Gasteiger partial charge >= 0.3 is 5.97 Å². The monoisotopic (exact) mass is 174 g/mol. The quantitative estimate of drug-likeness (QED) is 0.413. The molecule has 0 aliphatic carbocycles. The molecule has 0 aliphatic rings. The molecule has 12 heavy (non-hydrogen) atoms. The number of nitrogens with one attached hydrogen (secondary N) is 2. The van der Waals surface area contributed by atoms with E-state index in [1.165, 1.54) is 7.11 Å². The highest BCUT2D eigenvalue weighted by atomic mass is 16.5. The lowest BCUT2D eigenvalue weighted by molar-refractivity contribution is -0.139. The molecule has 0 aromatic rings. The minimum Gasteiger partial charge on any atom is -0.468 e. The zero-order valence-electron chi connectivity index (χ0n) is 7.85. The molecule has 0 saturated heterocycles. The Morgan fingerprint density at radius 3 is 2.58 bits per heavy atom. The average Bonchev–Trinajstić information content (AvgIpc) is 2.10. The third kappa shape index (κ3) is 7.50. The number of hydrogen-bond acceptors (Lipinski definition) is 4. The van der Waals surface area contributed by atoms with E-state index < -0.39 is 0 Å². The van der Waals surface area contributed by atoms with Gasteiger partial charge in [-0.05, 0) is 26.1 Å². The van der Waals surface area contributed by atoms with Crippen LogP contribution in [-0.2, 0) is 9.53 Å². The summed E-state index contributed by atoms with van der Waals surface area (Å²) in [6.07, 6.45) is 1.03. The number of ether oxygens (including phenoxy) is 1. The Labute approximate surface area is 73.7 Å². The van der Waals surface area contributed by atoms with E-state index in [1.807, 2.05) is 0 Å². The van der Waals surface area contributed by atoms with E-state index in [-0.39, 0.29) is 5.97 Å². The predicted molar refractivity (Wildman–Crippen MR) is 48.0 cm³/mol. The van der Waals surface area contributed by atoms with Crippen LogP contribution in [-0.4, -0.2) is 39.3 Å². The van der Waals surface area contributed by atoms with Crippen LogP contribution in [0.2, 0.25) is 0 Å².